The van der Waals surface area contributed by atoms with E-state index in [-0.39, 0.29) is 11.4 Å². The number of ether oxygens (including phenoxy) is 2. The van der Waals surface area contributed by atoms with Gasteiger partial charge in [0.05, 0.1) is 31.5 Å². The summed E-state index contributed by atoms with van der Waals surface area (Å²) >= 11 is 0. The summed E-state index contributed by atoms with van der Waals surface area (Å²) in [5.74, 6) is 0.284. The molecule has 6 rings (SSSR count). The average molecular weight is 609 g/mol. The molecule has 2 aromatic heterocycles. The number of urea groups is 1. The molecule has 13 heteroatoms. The first-order valence-corrected chi connectivity index (χ1v) is 14.1. The van der Waals surface area contributed by atoms with Crippen molar-refractivity contribution in [3.8, 4) is 28.5 Å². The average Bonchev–Trinajstić information content (AvgIpc) is 3.06. The molecule has 1 saturated heterocycles. The van der Waals surface area contributed by atoms with Crippen LogP contribution in [0.1, 0.15) is 6.92 Å². The number of nitrogens with one attached hydrogen (secondary N) is 3. The van der Waals surface area contributed by atoms with Crippen molar-refractivity contribution in [1.82, 2.24) is 19.9 Å². The van der Waals surface area contributed by atoms with Gasteiger partial charge in [-0.25, -0.2) is 29.1 Å². The van der Waals surface area contributed by atoms with Gasteiger partial charge in [0.25, 0.3) is 0 Å². The Morgan fingerprint density at radius 1 is 0.844 bits per heavy atom. The molecule has 3 heterocycles. The lowest BCUT2D eigenvalue weighted by molar-refractivity contribution is -0.114. The number of nitrogens with zero attached hydrogens (tertiary/aromatic N) is 5. The van der Waals surface area contributed by atoms with E-state index in [1.807, 2.05) is 30.3 Å². The summed E-state index contributed by atoms with van der Waals surface area (Å²) in [6.07, 6.45) is 3.41. The molecule has 1 aliphatic heterocycles. The van der Waals surface area contributed by atoms with Crippen molar-refractivity contribution in [2.75, 3.05) is 54.3 Å². The Morgan fingerprint density at radius 2 is 1.53 bits per heavy atom. The number of aromatic nitrogens is 4. The van der Waals surface area contributed by atoms with Crippen LogP contribution in [0.4, 0.5) is 32.1 Å². The first-order chi connectivity index (χ1) is 21.9. The van der Waals surface area contributed by atoms with E-state index in [4.69, 9.17) is 19.4 Å². The quantitative estimate of drug-likeness (QED) is 0.223. The third kappa shape index (κ3) is 6.78. The molecule has 0 radical (unpaired) electrons. The Kier molecular flexibility index (Phi) is 8.42. The summed E-state index contributed by atoms with van der Waals surface area (Å²) in [6.45, 7) is 3.91. The number of carbonyl (C=O) groups excluding carboxylic acids is 2. The molecule has 3 aromatic carbocycles. The van der Waals surface area contributed by atoms with Gasteiger partial charge >= 0.3 is 12.0 Å². The Balaban J connectivity index is 1.25. The smallest absolute Gasteiger partial charge is 0.323 e. The molecule has 0 saturated carbocycles. The van der Waals surface area contributed by atoms with Crippen molar-refractivity contribution in [2.24, 2.45) is 0 Å². The summed E-state index contributed by atoms with van der Waals surface area (Å²) < 4.78 is 24.9. The van der Waals surface area contributed by atoms with Gasteiger partial charge < -0.3 is 30.3 Å². The molecule has 3 N–H and O–H groups in total. The fourth-order valence-corrected chi connectivity index (χ4v) is 4.89. The van der Waals surface area contributed by atoms with Crippen LogP contribution in [-0.4, -0.2) is 65.3 Å². The van der Waals surface area contributed by atoms with Crippen molar-refractivity contribution < 1.29 is 23.5 Å². The van der Waals surface area contributed by atoms with Gasteiger partial charge in [-0.05, 0) is 60.2 Å². The highest BCUT2D eigenvalue weighted by atomic mass is 19.1. The number of rotatable bonds is 7. The number of hydrogen-bond acceptors (Lipinski definition) is 9. The molecule has 228 valence electrons. The van der Waals surface area contributed by atoms with Crippen LogP contribution in [0.3, 0.4) is 0 Å². The summed E-state index contributed by atoms with van der Waals surface area (Å²) in [4.78, 5) is 44.3. The van der Waals surface area contributed by atoms with Gasteiger partial charge in [0, 0.05) is 60.3 Å². The number of amides is 3. The van der Waals surface area contributed by atoms with E-state index >= 15 is 0 Å². The minimum Gasteiger partial charge on any atom is -0.467 e. The van der Waals surface area contributed by atoms with Crippen LogP contribution in [0, 0.1) is 5.82 Å². The standard InChI is InChI=1S/C32H29FN8O4/c1-19(42)36-27-10-8-24(16-26(27)33)38-31(43)37-23-6-3-20(4-7-23)29-39-28-15-21(22-17-34-32(44-2)35-18-22)5-9-25(28)30(40-29)41-11-13-45-14-12-41/h3-10,15-18H,11-14H2,1-2H3,(H,36,42)(H2,37,38,43). The highest BCUT2D eigenvalue weighted by Crippen LogP contribution is 2.32. The van der Waals surface area contributed by atoms with Crippen LogP contribution < -0.4 is 25.6 Å². The number of morpholine rings is 1. The van der Waals surface area contributed by atoms with E-state index in [9.17, 15) is 14.0 Å². The second-order valence-corrected chi connectivity index (χ2v) is 10.2. The number of benzene rings is 3. The van der Waals surface area contributed by atoms with Gasteiger partial charge in [-0.1, -0.05) is 6.07 Å². The monoisotopic (exact) mass is 608 g/mol. The van der Waals surface area contributed by atoms with Crippen molar-refractivity contribution in [1.29, 1.82) is 0 Å². The Morgan fingerprint density at radius 3 is 2.22 bits per heavy atom. The number of fused-ring (bicyclic) bond motifs is 1. The summed E-state index contributed by atoms with van der Waals surface area (Å²) in [5, 5.41) is 8.62. The van der Waals surface area contributed by atoms with Crippen LogP contribution in [0.5, 0.6) is 6.01 Å². The SMILES string of the molecule is COc1ncc(-c2ccc3c(N4CCOCC4)nc(-c4ccc(NC(=O)Nc5ccc(NC(C)=O)c(F)c5)cc4)nc3c2)cn1. The van der Waals surface area contributed by atoms with E-state index in [2.05, 4.69) is 30.8 Å². The van der Waals surface area contributed by atoms with E-state index in [1.54, 1.807) is 24.5 Å². The molecule has 0 unspecified atom stereocenters. The predicted octanol–water partition coefficient (Wildman–Crippen LogP) is 5.34. The summed E-state index contributed by atoms with van der Waals surface area (Å²) in [5.41, 5.74) is 4.02. The second kappa shape index (κ2) is 12.9. The number of anilines is 4. The zero-order valence-corrected chi connectivity index (χ0v) is 24.5. The van der Waals surface area contributed by atoms with E-state index in [0.717, 1.165) is 39.5 Å². The van der Waals surface area contributed by atoms with Crippen molar-refractivity contribution in [3.05, 3.63) is 78.9 Å². The molecular weight excluding hydrogens is 579 g/mol. The van der Waals surface area contributed by atoms with E-state index in [0.29, 0.717) is 43.8 Å². The molecule has 3 amide bonds. The van der Waals surface area contributed by atoms with Gasteiger partial charge in [-0.2, -0.15) is 0 Å². The largest absolute Gasteiger partial charge is 0.467 e. The zero-order chi connectivity index (χ0) is 31.3. The predicted molar refractivity (Wildman–Crippen MR) is 169 cm³/mol. The number of halogens is 1. The maximum absolute atomic E-state index is 14.3. The van der Waals surface area contributed by atoms with Gasteiger partial charge in [0.1, 0.15) is 11.6 Å². The third-order valence-corrected chi connectivity index (χ3v) is 7.07. The van der Waals surface area contributed by atoms with Gasteiger partial charge in [0.15, 0.2) is 5.82 Å². The highest BCUT2D eigenvalue weighted by molar-refractivity contribution is 6.00. The lowest BCUT2D eigenvalue weighted by atomic mass is 10.1. The molecule has 1 fully saturated rings. The fourth-order valence-electron chi connectivity index (χ4n) is 4.89. The van der Waals surface area contributed by atoms with Crippen molar-refractivity contribution in [3.63, 3.8) is 0 Å². The fraction of sp³-hybridized carbons (Fsp3) is 0.188. The minimum absolute atomic E-state index is 0.0303. The molecule has 12 nitrogen and oxygen atoms in total. The maximum atomic E-state index is 14.3. The molecule has 0 spiro atoms. The molecule has 0 atom stereocenters. The van der Waals surface area contributed by atoms with Crippen LogP contribution in [0.25, 0.3) is 33.4 Å². The molecule has 45 heavy (non-hydrogen) atoms. The molecule has 5 aromatic rings. The number of hydrogen-bond donors (Lipinski definition) is 3. The van der Waals surface area contributed by atoms with Gasteiger partial charge in [0.2, 0.25) is 5.91 Å². The lowest BCUT2D eigenvalue weighted by Crippen LogP contribution is -2.37. The summed E-state index contributed by atoms with van der Waals surface area (Å²) in [7, 11) is 1.52. The first kappa shape index (κ1) is 29.4. The van der Waals surface area contributed by atoms with Crippen molar-refractivity contribution in [2.45, 2.75) is 6.92 Å². The highest BCUT2D eigenvalue weighted by Gasteiger charge is 2.19. The summed E-state index contributed by atoms with van der Waals surface area (Å²) in [6, 6.07) is 16.9. The first-order valence-electron chi connectivity index (χ1n) is 14.1. The van der Waals surface area contributed by atoms with E-state index in [1.165, 1.54) is 26.2 Å². The van der Waals surface area contributed by atoms with Crippen LogP contribution in [0.15, 0.2) is 73.1 Å². The molecule has 1 aliphatic rings. The normalized spacial score (nSPS) is 12.9. The topological polar surface area (TPSA) is 143 Å². The van der Waals surface area contributed by atoms with Crippen LogP contribution in [-0.2, 0) is 9.53 Å². The van der Waals surface area contributed by atoms with Crippen molar-refractivity contribution >= 4 is 45.7 Å². The third-order valence-electron chi connectivity index (χ3n) is 7.07. The van der Waals surface area contributed by atoms with Gasteiger partial charge in [-0.3, -0.25) is 4.79 Å². The number of carbonyl (C=O) groups is 2. The second-order valence-electron chi connectivity index (χ2n) is 10.2. The Labute approximate surface area is 257 Å². The van der Waals surface area contributed by atoms with E-state index < -0.39 is 17.8 Å². The Hall–Kier alpha value is -5.69. The molecule has 0 bridgehead atoms. The minimum atomic E-state index is -0.663. The Bertz CT molecular complexity index is 1860. The van der Waals surface area contributed by atoms with Crippen LogP contribution >= 0.6 is 0 Å². The molecule has 0 aliphatic carbocycles. The lowest BCUT2D eigenvalue weighted by Gasteiger charge is -2.29. The number of methoxy groups -OCH3 is 1. The van der Waals surface area contributed by atoms with Gasteiger partial charge in [-0.15, -0.1) is 0 Å². The molecular formula is C32H29FN8O4. The maximum Gasteiger partial charge on any atom is 0.323 e. The zero-order valence-electron chi connectivity index (χ0n) is 24.5. The van der Waals surface area contributed by atoms with Crippen LogP contribution in [0.2, 0.25) is 0 Å².